The summed E-state index contributed by atoms with van der Waals surface area (Å²) in [7, 11) is 0. The number of fused-ring (bicyclic) bond motifs is 1. The van der Waals surface area contributed by atoms with Gasteiger partial charge in [-0.3, -0.25) is 0 Å². The SMILES string of the molecule is [C]1CCc2ccccc2CCN1. The van der Waals surface area contributed by atoms with E-state index in [1.54, 1.807) is 0 Å². The Balaban J connectivity index is 2.24. The lowest BCUT2D eigenvalue weighted by atomic mass is 9.99. The fourth-order valence-electron chi connectivity index (χ4n) is 1.62. The van der Waals surface area contributed by atoms with E-state index >= 15 is 0 Å². The molecule has 0 saturated heterocycles. The lowest BCUT2D eigenvalue weighted by Crippen LogP contribution is -2.17. The summed E-state index contributed by atoms with van der Waals surface area (Å²) < 4.78 is 0. The lowest BCUT2D eigenvalue weighted by molar-refractivity contribution is 0.699. The van der Waals surface area contributed by atoms with E-state index in [9.17, 15) is 0 Å². The first-order valence-electron chi connectivity index (χ1n) is 4.49. The summed E-state index contributed by atoms with van der Waals surface area (Å²) in [5, 5.41) is 3.18. The van der Waals surface area contributed by atoms with Gasteiger partial charge in [0.1, 0.15) is 0 Å². The highest BCUT2D eigenvalue weighted by atomic mass is 14.8. The maximum absolute atomic E-state index is 3.18. The van der Waals surface area contributed by atoms with Crippen LogP contribution in [-0.4, -0.2) is 6.54 Å². The molecule has 0 amide bonds. The van der Waals surface area contributed by atoms with E-state index in [2.05, 4.69) is 36.1 Å². The van der Waals surface area contributed by atoms with Gasteiger partial charge in [-0.2, -0.15) is 0 Å². The molecule has 0 bridgehead atoms. The van der Waals surface area contributed by atoms with Gasteiger partial charge >= 0.3 is 0 Å². The molecule has 1 aliphatic heterocycles. The normalized spacial score (nSPS) is 17.7. The molecular weight excluding hydrogens is 146 g/mol. The molecule has 0 saturated carbocycles. The van der Waals surface area contributed by atoms with E-state index < -0.39 is 0 Å². The average molecular weight is 159 g/mol. The summed E-state index contributed by atoms with van der Waals surface area (Å²) in [5.74, 6) is 0. The van der Waals surface area contributed by atoms with Crippen LogP contribution in [0.15, 0.2) is 24.3 Å². The van der Waals surface area contributed by atoms with Crippen molar-refractivity contribution in [2.45, 2.75) is 19.3 Å². The van der Waals surface area contributed by atoms with Crippen LogP contribution in [0.1, 0.15) is 17.5 Å². The van der Waals surface area contributed by atoms with Crippen LogP contribution >= 0.6 is 0 Å². The second kappa shape index (κ2) is 3.72. The predicted octanol–water partition coefficient (Wildman–Crippen LogP) is 1.80. The van der Waals surface area contributed by atoms with Gasteiger partial charge in [0.15, 0.2) is 0 Å². The van der Waals surface area contributed by atoms with Crippen LogP contribution in [0.3, 0.4) is 0 Å². The van der Waals surface area contributed by atoms with Gasteiger partial charge in [-0.25, -0.2) is 0 Å². The predicted molar refractivity (Wildman–Crippen MR) is 49.7 cm³/mol. The van der Waals surface area contributed by atoms with Crippen molar-refractivity contribution in [3.05, 3.63) is 41.9 Å². The van der Waals surface area contributed by atoms with Crippen molar-refractivity contribution in [1.29, 1.82) is 0 Å². The molecule has 1 aromatic carbocycles. The molecule has 0 unspecified atom stereocenters. The third-order valence-corrected chi connectivity index (χ3v) is 2.28. The van der Waals surface area contributed by atoms with Crippen molar-refractivity contribution in [2.24, 2.45) is 0 Å². The minimum atomic E-state index is 1.02. The van der Waals surface area contributed by atoms with Crippen LogP contribution in [0, 0.1) is 6.54 Å². The highest BCUT2D eigenvalue weighted by Crippen LogP contribution is 2.13. The van der Waals surface area contributed by atoms with Crippen LogP contribution < -0.4 is 5.32 Å². The number of rotatable bonds is 0. The van der Waals surface area contributed by atoms with E-state index in [0.717, 1.165) is 25.8 Å². The van der Waals surface area contributed by atoms with Gasteiger partial charge in [-0.15, -0.1) is 0 Å². The molecule has 0 spiro atoms. The molecule has 1 heteroatoms. The Hall–Kier alpha value is -0.820. The van der Waals surface area contributed by atoms with Crippen LogP contribution in [0.5, 0.6) is 0 Å². The molecule has 2 radical (unpaired) electrons. The third-order valence-electron chi connectivity index (χ3n) is 2.28. The Labute approximate surface area is 73.8 Å². The first-order valence-corrected chi connectivity index (χ1v) is 4.49. The maximum atomic E-state index is 3.18. The van der Waals surface area contributed by atoms with E-state index in [1.165, 1.54) is 11.1 Å². The molecule has 1 nitrogen and oxygen atoms in total. The van der Waals surface area contributed by atoms with Gasteiger partial charge in [-0.05, 0) is 36.9 Å². The smallest absolute Gasteiger partial charge is 0.0589 e. The van der Waals surface area contributed by atoms with Gasteiger partial charge < -0.3 is 5.32 Å². The molecular formula is C11H13N. The fraction of sp³-hybridized carbons (Fsp3) is 0.364. The van der Waals surface area contributed by atoms with E-state index in [-0.39, 0.29) is 0 Å². The second-order valence-electron chi connectivity index (χ2n) is 3.12. The minimum Gasteiger partial charge on any atom is -0.308 e. The largest absolute Gasteiger partial charge is 0.308 e. The van der Waals surface area contributed by atoms with Crippen LogP contribution in [-0.2, 0) is 12.8 Å². The fourth-order valence-corrected chi connectivity index (χ4v) is 1.62. The monoisotopic (exact) mass is 159 g/mol. The quantitative estimate of drug-likeness (QED) is 0.608. The number of hydrogen-bond donors (Lipinski definition) is 1. The second-order valence-corrected chi connectivity index (χ2v) is 3.12. The lowest BCUT2D eigenvalue weighted by Gasteiger charge is -2.13. The topological polar surface area (TPSA) is 12.0 Å². The Kier molecular flexibility index (Phi) is 2.42. The third kappa shape index (κ3) is 1.67. The van der Waals surface area contributed by atoms with Gasteiger partial charge in [0, 0.05) is 0 Å². The Morgan fingerprint density at radius 1 is 1.08 bits per heavy atom. The zero-order valence-corrected chi connectivity index (χ0v) is 7.14. The van der Waals surface area contributed by atoms with Crippen LogP contribution in [0.25, 0.3) is 0 Å². The average Bonchev–Trinajstić information content (AvgIpc) is 2.06. The van der Waals surface area contributed by atoms with Gasteiger partial charge in [-0.1, -0.05) is 24.3 Å². The molecule has 0 aliphatic carbocycles. The molecule has 1 heterocycles. The summed E-state index contributed by atoms with van der Waals surface area (Å²) in [4.78, 5) is 0. The molecule has 12 heavy (non-hydrogen) atoms. The van der Waals surface area contributed by atoms with Crippen molar-refractivity contribution in [1.82, 2.24) is 5.32 Å². The zero-order chi connectivity index (χ0) is 8.23. The van der Waals surface area contributed by atoms with Crippen molar-refractivity contribution in [2.75, 3.05) is 6.54 Å². The molecule has 1 aromatic rings. The number of benzene rings is 1. The van der Waals surface area contributed by atoms with Gasteiger partial charge in [0.25, 0.3) is 0 Å². The molecule has 1 N–H and O–H groups in total. The molecule has 0 fully saturated rings. The molecule has 0 aromatic heterocycles. The summed E-state index contributed by atoms with van der Waals surface area (Å²) in [5.41, 5.74) is 2.98. The minimum absolute atomic E-state index is 1.02. The number of nitrogens with one attached hydrogen (secondary N) is 1. The first kappa shape index (κ1) is 7.81. The molecule has 0 atom stereocenters. The standard InChI is InChI=1S/C11H13N/c1-2-5-11-7-9-12-8-3-6-10(11)4-1/h1-2,4-5,12H,3,6-7,9H2. The van der Waals surface area contributed by atoms with E-state index in [4.69, 9.17) is 0 Å². The maximum Gasteiger partial charge on any atom is 0.0589 e. The van der Waals surface area contributed by atoms with Crippen molar-refractivity contribution in [3.8, 4) is 0 Å². The van der Waals surface area contributed by atoms with Crippen molar-refractivity contribution in [3.63, 3.8) is 0 Å². The number of hydrogen-bond acceptors (Lipinski definition) is 1. The summed E-state index contributed by atoms with van der Waals surface area (Å²) in [6.07, 6.45) is 3.28. The van der Waals surface area contributed by atoms with Gasteiger partial charge in [0.2, 0.25) is 0 Å². The molecule has 1 aliphatic rings. The highest BCUT2D eigenvalue weighted by Gasteiger charge is 2.04. The highest BCUT2D eigenvalue weighted by molar-refractivity contribution is 5.28. The number of aryl methyl sites for hydroxylation is 1. The molecule has 62 valence electrons. The Bertz CT molecular complexity index is 228. The summed E-state index contributed by atoms with van der Waals surface area (Å²) in [6, 6.07) is 8.69. The van der Waals surface area contributed by atoms with Crippen molar-refractivity contribution < 1.29 is 0 Å². The van der Waals surface area contributed by atoms with E-state index in [0.29, 0.717) is 0 Å². The Morgan fingerprint density at radius 3 is 2.67 bits per heavy atom. The zero-order valence-electron chi connectivity index (χ0n) is 7.14. The van der Waals surface area contributed by atoms with Crippen LogP contribution in [0.4, 0.5) is 0 Å². The van der Waals surface area contributed by atoms with Crippen molar-refractivity contribution >= 4 is 0 Å². The van der Waals surface area contributed by atoms with Gasteiger partial charge in [0.05, 0.1) is 6.54 Å². The van der Waals surface area contributed by atoms with E-state index in [1.807, 2.05) is 0 Å². The Morgan fingerprint density at radius 2 is 1.83 bits per heavy atom. The molecule has 2 rings (SSSR count). The first-order chi connectivity index (χ1) is 5.97. The summed E-state index contributed by atoms with van der Waals surface area (Å²) >= 11 is 0. The van der Waals surface area contributed by atoms with Crippen LogP contribution in [0.2, 0.25) is 0 Å². The summed E-state index contributed by atoms with van der Waals surface area (Å²) in [6.45, 7) is 4.20.